The van der Waals surface area contributed by atoms with Gasteiger partial charge in [0.15, 0.2) is 6.29 Å². The standard InChI is InChI=1S/C12H17NO2/c1-13-9-11-7-8-14-12(15-11)10-5-3-2-4-6-10/h2-6,11-13H,7-9H2,1H3. The van der Waals surface area contributed by atoms with E-state index >= 15 is 0 Å². The quantitative estimate of drug-likeness (QED) is 0.818. The highest BCUT2D eigenvalue weighted by Gasteiger charge is 2.23. The van der Waals surface area contributed by atoms with E-state index in [1.807, 2.05) is 37.4 Å². The molecule has 0 aromatic heterocycles. The zero-order valence-electron chi connectivity index (χ0n) is 8.98. The van der Waals surface area contributed by atoms with Gasteiger partial charge < -0.3 is 14.8 Å². The lowest BCUT2D eigenvalue weighted by atomic mass is 10.2. The largest absolute Gasteiger partial charge is 0.348 e. The second-order valence-corrected chi connectivity index (χ2v) is 3.72. The number of benzene rings is 1. The van der Waals surface area contributed by atoms with Gasteiger partial charge in [0.05, 0.1) is 12.7 Å². The molecule has 1 aliphatic heterocycles. The van der Waals surface area contributed by atoms with Crippen molar-refractivity contribution in [3.63, 3.8) is 0 Å². The summed E-state index contributed by atoms with van der Waals surface area (Å²) in [4.78, 5) is 0. The Morgan fingerprint density at radius 1 is 1.33 bits per heavy atom. The Kier molecular flexibility index (Phi) is 3.72. The molecule has 1 heterocycles. The highest BCUT2D eigenvalue weighted by molar-refractivity contribution is 5.16. The minimum atomic E-state index is -0.196. The van der Waals surface area contributed by atoms with Crippen molar-refractivity contribution in [3.05, 3.63) is 35.9 Å². The maximum absolute atomic E-state index is 5.83. The molecule has 82 valence electrons. The zero-order valence-corrected chi connectivity index (χ0v) is 8.98. The normalized spacial score (nSPS) is 26.5. The molecule has 3 heteroatoms. The van der Waals surface area contributed by atoms with E-state index in [9.17, 15) is 0 Å². The predicted octanol–water partition coefficient (Wildman–Crippen LogP) is 1.71. The number of hydrogen-bond donors (Lipinski definition) is 1. The smallest absolute Gasteiger partial charge is 0.184 e. The molecule has 1 fully saturated rings. The summed E-state index contributed by atoms with van der Waals surface area (Å²) in [5.74, 6) is 0. The average molecular weight is 207 g/mol. The molecule has 1 aromatic carbocycles. The highest BCUT2D eigenvalue weighted by atomic mass is 16.7. The van der Waals surface area contributed by atoms with Crippen LogP contribution in [0, 0.1) is 0 Å². The number of likely N-dealkylation sites (N-methyl/N-ethyl adjacent to an activating group) is 1. The van der Waals surface area contributed by atoms with Gasteiger partial charge in [0.1, 0.15) is 0 Å². The molecule has 1 aromatic rings. The molecule has 3 nitrogen and oxygen atoms in total. The molecule has 0 amide bonds. The second-order valence-electron chi connectivity index (χ2n) is 3.72. The van der Waals surface area contributed by atoms with Crippen LogP contribution < -0.4 is 5.32 Å². The lowest BCUT2D eigenvalue weighted by molar-refractivity contribution is -0.215. The Balaban J connectivity index is 1.98. The summed E-state index contributed by atoms with van der Waals surface area (Å²) in [7, 11) is 1.94. The van der Waals surface area contributed by atoms with Gasteiger partial charge in [0.2, 0.25) is 0 Å². The van der Waals surface area contributed by atoms with E-state index < -0.39 is 0 Å². The van der Waals surface area contributed by atoms with E-state index in [1.165, 1.54) is 0 Å². The van der Waals surface area contributed by atoms with Gasteiger partial charge in [-0.15, -0.1) is 0 Å². The first-order valence-electron chi connectivity index (χ1n) is 5.37. The van der Waals surface area contributed by atoms with Crippen molar-refractivity contribution in [2.24, 2.45) is 0 Å². The van der Waals surface area contributed by atoms with E-state index in [1.54, 1.807) is 0 Å². The summed E-state index contributed by atoms with van der Waals surface area (Å²) in [6.07, 6.45) is 1.02. The van der Waals surface area contributed by atoms with Gasteiger partial charge in [-0.2, -0.15) is 0 Å². The van der Waals surface area contributed by atoms with E-state index in [0.717, 1.165) is 25.1 Å². The molecular formula is C12H17NO2. The molecule has 2 rings (SSSR count). The van der Waals surface area contributed by atoms with Crippen molar-refractivity contribution < 1.29 is 9.47 Å². The van der Waals surface area contributed by atoms with Crippen LogP contribution in [0.1, 0.15) is 18.3 Å². The Morgan fingerprint density at radius 3 is 2.87 bits per heavy atom. The van der Waals surface area contributed by atoms with Gasteiger partial charge in [-0.1, -0.05) is 30.3 Å². The summed E-state index contributed by atoms with van der Waals surface area (Å²) in [6, 6.07) is 10.1. The Labute approximate surface area is 90.4 Å². The van der Waals surface area contributed by atoms with E-state index in [0.29, 0.717) is 0 Å². The van der Waals surface area contributed by atoms with Gasteiger partial charge in [-0.3, -0.25) is 0 Å². The molecule has 0 saturated carbocycles. The SMILES string of the molecule is CNCC1CCOC(c2ccccc2)O1. The van der Waals surface area contributed by atoms with Crippen LogP contribution in [0.25, 0.3) is 0 Å². The lowest BCUT2D eigenvalue weighted by Crippen LogP contribution is -2.34. The fourth-order valence-electron chi connectivity index (χ4n) is 1.75. The summed E-state index contributed by atoms with van der Waals surface area (Å²) in [5, 5.41) is 3.13. The Bertz CT molecular complexity index is 287. The van der Waals surface area contributed by atoms with Crippen molar-refractivity contribution in [2.45, 2.75) is 18.8 Å². The Hall–Kier alpha value is -0.900. The average Bonchev–Trinajstić information content (AvgIpc) is 2.31. The third kappa shape index (κ3) is 2.78. The van der Waals surface area contributed by atoms with E-state index in [-0.39, 0.29) is 12.4 Å². The number of ether oxygens (including phenoxy) is 2. The maximum Gasteiger partial charge on any atom is 0.184 e. The van der Waals surface area contributed by atoms with Crippen molar-refractivity contribution >= 4 is 0 Å². The van der Waals surface area contributed by atoms with Crippen LogP contribution >= 0.6 is 0 Å². The zero-order chi connectivity index (χ0) is 10.5. The molecule has 1 aliphatic rings. The van der Waals surface area contributed by atoms with Crippen molar-refractivity contribution in [1.82, 2.24) is 5.32 Å². The second kappa shape index (κ2) is 5.26. The maximum atomic E-state index is 5.83. The van der Waals surface area contributed by atoms with Gasteiger partial charge in [-0.05, 0) is 13.5 Å². The van der Waals surface area contributed by atoms with Crippen molar-refractivity contribution in [1.29, 1.82) is 0 Å². The summed E-state index contributed by atoms with van der Waals surface area (Å²) < 4.78 is 11.4. The lowest BCUT2D eigenvalue weighted by Gasteiger charge is -2.30. The first-order valence-corrected chi connectivity index (χ1v) is 5.37. The molecule has 0 spiro atoms. The van der Waals surface area contributed by atoms with E-state index in [4.69, 9.17) is 9.47 Å². The van der Waals surface area contributed by atoms with Crippen molar-refractivity contribution in [3.8, 4) is 0 Å². The first-order chi connectivity index (χ1) is 7.40. The fourth-order valence-corrected chi connectivity index (χ4v) is 1.75. The molecule has 1 saturated heterocycles. The minimum absolute atomic E-state index is 0.196. The molecule has 0 radical (unpaired) electrons. The van der Waals surface area contributed by atoms with Crippen LogP contribution in [0.4, 0.5) is 0 Å². The molecule has 2 unspecified atom stereocenters. The predicted molar refractivity (Wildman–Crippen MR) is 58.6 cm³/mol. The van der Waals surface area contributed by atoms with Gasteiger partial charge in [0.25, 0.3) is 0 Å². The van der Waals surface area contributed by atoms with Crippen LogP contribution in [0.3, 0.4) is 0 Å². The summed E-state index contributed by atoms with van der Waals surface area (Å²) in [5.41, 5.74) is 1.10. The van der Waals surface area contributed by atoms with Gasteiger partial charge in [-0.25, -0.2) is 0 Å². The number of hydrogen-bond acceptors (Lipinski definition) is 3. The molecular weight excluding hydrogens is 190 g/mol. The van der Waals surface area contributed by atoms with Gasteiger partial charge in [0, 0.05) is 12.1 Å². The Morgan fingerprint density at radius 2 is 2.13 bits per heavy atom. The topological polar surface area (TPSA) is 30.5 Å². The highest BCUT2D eigenvalue weighted by Crippen LogP contribution is 2.25. The van der Waals surface area contributed by atoms with E-state index in [2.05, 4.69) is 5.32 Å². The molecule has 0 bridgehead atoms. The molecule has 1 N–H and O–H groups in total. The fraction of sp³-hybridized carbons (Fsp3) is 0.500. The molecule has 2 atom stereocenters. The third-order valence-electron chi connectivity index (χ3n) is 2.53. The minimum Gasteiger partial charge on any atom is -0.348 e. The number of nitrogens with one attached hydrogen (secondary N) is 1. The summed E-state index contributed by atoms with van der Waals surface area (Å²) >= 11 is 0. The first kappa shape index (κ1) is 10.6. The van der Waals surface area contributed by atoms with Crippen LogP contribution in [0.15, 0.2) is 30.3 Å². The van der Waals surface area contributed by atoms with Crippen molar-refractivity contribution in [2.75, 3.05) is 20.2 Å². The van der Waals surface area contributed by atoms with Gasteiger partial charge >= 0.3 is 0 Å². The molecule has 15 heavy (non-hydrogen) atoms. The van der Waals surface area contributed by atoms with Crippen LogP contribution in [-0.2, 0) is 9.47 Å². The number of rotatable bonds is 3. The summed E-state index contributed by atoms with van der Waals surface area (Å²) in [6.45, 7) is 1.65. The third-order valence-corrected chi connectivity index (χ3v) is 2.53. The monoisotopic (exact) mass is 207 g/mol. The van der Waals surface area contributed by atoms with Crippen LogP contribution in [0.5, 0.6) is 0 Å². The van der Waals surface area contributed by atoms with Crippen LogP contribution in [-0.4, -0.2) is 26.3 Å². The van der Waals surface area contributed by atoms with Crippen LogP contribution in [0.2, 0.25) is 0 Å². The molecule has 0 aliphatic carbocycles.